The predicted octanol–water partition coefficient (Wildman–Crippen LogP) is 3.19. The molecule has 0 aromatic heterocycles. The van der Waals surface area contributed by atoms with E-state index in [-0.39, 0.29) is 12.2 Å². The normalized spacial score (nSPS) is 11.1. The molecule has 106 valence electrons. The van der Waals surface area contributed by atoms with E-state index in [0.717, 1.165) is 18.2 Å². The van der Waals surface area contributed by atoms with Crippen LogP contribution in [0.3, 0.4) is 0 Å². The van der Waals surface area contributed by atoms with Crippen LogP contribution in [0, 0.1) is 11.6 Å². The molecule has 0 heterocycles. The number of nitrogens with zero attached hydrogens (tertiary/aromatic N) is 1. The summed E-state index contributed by atoms with van der Waals surface area (Å²) in [5.41, 5.74) is 2.30. The van der Waals surface area contributed by atoms with Crippen LogP contribution in [-0.2, 0) is 13.2 Å². The summed E-state index contributed by atoms with van der Waals surface area (Å²) in [6.07, 6.45) is 0. The average molecular weight is 277 g/mol. The van der Waals surface area contributed by atoms with Crippen LogP contribution >= 0.6 is 0 Å². The van der Waals surface area contributed by atoms with Crippen molar-refractivity contribution in [3.05, 3.63) is 59.2 Å². The molecule has 0 atom stereocenters. The van der Waals surface area contributed by atoms with Crippen molar-refractivity contribution < 1.29 is 13.9 Å². The molecule has 0 aliphatic carbocycles. The van der Waals surface area contributed by atoms with Gasteiger partial charge in [0.25, 0.3) is 0 Å². The van der Waals surface area contributed by atoms with Gasteiger partial charge in [-0.1, -0.05) is 30.3 Å². The molecule has 0 radical (unpaired) electrons. The minimum atomic E-state index is -0.887. The lowest BCUT2D eigenvalue weighted by Gasteiger charge is -2.14. The number of aliphatic hydroxyl groups excluding tert-OH is 1. The fraction of sp³-hybridized carbons (Fsp3) is 0.250. The highest BCUT2D eigenvalue weighted by molar-refractivity contribution is 5.68. The lowest BCUT2D eigenvalue weighted by molar-refractivity contribution is 0.282. The van der Waals surface area contributed by atoms with E-state index in [1.807, 2.05) is 31.1 Å². The van der Waals surface area contributed by atoms with Gasteiger partial charge in [0.15, 0.2) is 11.6 Å². The summed E-state index contributed by atoms with van der Waals surface area (Å²) in [4.78, 5) is 2.00. The second-order valence-corrected chi connectivity index (χ2v) is 4.99. The zero-order valence-electron chi connectivity index (χ0n) is 11.5. The average Bonchev–Trinajstić information content (AvgIpc) is 2.41. The SMILES string of the molecule is CN(C)Cc1ccc(-c2cccc(F)c2F)c(CO)c1. The van der Waals surface area contributed by atoms with Crippen LogP contribution in [0.2, 0.25) is 0 Å². The van der Waals surface area contributed by atoms with E-state index >= 15 is 0 Å². The largest absolute Gasteiger partial charge is 0.392 e. The van der Waals surface area contributed by atoms with Gasteiger partial charge >= 0.3 is 0 Å². The molecule has 0 unspecified atom stereocenters. The molecule has 0 amide bonds. The molecule has 2 aromatic rings. The van der Waals surface area contributed by atoms with Gasteiger partial charge in [0.2, 0.25) is 0 Å². The monoisotopic (exact) mass is 277 g/mol. The zero-order valence-corrected chi connectivity index (χ0v) is 11.5. The van der Waals surface area contributed by atoms with Crippen molar-refractivity contribution >= 4 is 0 Å². The minimum absolute atomic E-state index is 0.172. The second kappa shape index (κ2) is 6.11. The lowest BCUT2D eigenvalue weighted by atomic mass is 9.97. The van der Waals surface area contributed by atoms with E-state index in [2.05, 4.69) is 0 Å². The summed E-state index contributed by atoms with van der Waals surface area (Å²) in [7, 11) is 3.89. The van der Waals surface area contributed by atoms with Gasteiger partial charge in [-0.2, -0.15) is 0 Å². The van der Waals surface area contributed by atoms with Gasteiger partial charge < -0.3 is 10.0 Å². The molecule has 2 rings (SSSR count). The van der Waals surface area contributed by atoms with Gasteiger partial charge in [-0.25, -0.2) is 8.78 Å². The molecular weight excluding hydrogens is 260 g/mol. The van der Waals surface area contributed by atoms with Crippen molar-refractivity contribution in [1.82, 2.24) is 4.90 Å². The number of aliphatic hydroxyl groups is 1. The van der Waals surface area contributed by atoms with E-state index in [9.17, 15) is 13.9 Å². The molecule has 0 spiro atoms. The highest BCUT2D eigenvalue weighted by Gasteiger charge is 2.13. The number of rotatable bonds is 4. The molecule has 2 nitrogen and oxygen atoms in total. The zero-order chi connectivity index (χ0) is 14.7. The Bertz CT molecular complexity index is 611. The summed E-state index contributed by atoms with van der Waals surface area (Å²) >= 11 is 0. The maximum atomic E-state index is 13.8. The first kappa shape index (κ1) is 14.6. The van der Waals surface area contributed by atoms with E-state index in [4.69, 9.17) is 0 Å². The van der Waals surface area contributed by atoms with Gasteiger partial charge in [0.1, 0.15) is 0 Å². The second-order valence-electron chi connectivity index (χ2n) is 4.99. The standard InChI is InChI=1S/C16H17F2NO/c1-19(2)9-11-6-7-13(12(8-11)10-20)14-4-3-5-15(17)16(14)18/h3-8,20H,9-10H2,1-2H3. The minimum Gasteiger partial charge on any atom is -0.392 e. The molecule has 0 fully saturated rings. The van der Waals surface area contributed by atoms with Crippen LogP contribution < -0.4 is 0 Å². The molecule has 0 aliphatic heterocycles. The number of benzene rings is 2. The van der Waals surface area contributed by atoms with Crippen molar-refractivity contribution in [2.24, 2.45) is 0 Å². The van der Waals surface area contributed by atoms with E-state index in [1.54, 1.807) is 6.07 Å². The Labute approximate surface area is 117 Å². The van der Waals surface area contributed by atoms with E-state index in [1.165, 1.54) is 12.1 Å². The summed E-state index contributed by atoms with van der Waals surface area (Å²) in [6.45, 7) is 0.505. The first-order chi connectivity index (χ1) is 9.52. The third-order valence-corrected chi connectivity index (χ3v) is 3.08. The summed E-state index contributed by atoms with van der Waals surface area (Å²) in [5.74, 6) is -1.77. The van der Waals surface area contributed by atoms with Crippen molar-refractivity contribution in [2.75, 3.05) is 14.1 Å². The number of hydrogen-bond acceptors (Lipinski definition) is 2. The number of hydrogen-bond donors (Lipinski definition) is 1. The maximum absolute atomic E-state index is 13.8. The molecule has 0 saturated heterocycles. The fourth-order valence-electron chi connectivity index (χ4n) is 2.22. The first-order valence-corrected chi connectivity index (χ1v) is 6.34. The molecule has 1 N–H and O–H groups in total. The molecular formula is C16H17F2NO. The van der Waals surface area contributed by atoms with Crippen LogP contribution in [0.5, 0.6) is 0 Å². The molecule has 0 saturated carbocycles. The summed E-state index contributed by atoms with van der Waals surface area (Å²) in [6, 6.07) is 9.46. The van der Waals surface area contributed by atoms with Gasteiger partial charge in [0, 0.05) is 12.1 Å². The first-order valence-electron chi connectivity index (χ1n) is 6.34. The highest BCUT2D eigenvalue weighted by atomic mass is 19.2. The Morgan fingerprint density at radius 3 is 2.45 bits per heavy atom. The Morgan fingerprint density at radius 1 is 1.05 bits per heavy atom. The number of halogens is 2. The van der Waals surface area contributed by atoms with Crippen molar-refractivity contribution in [2.45, 2.75) is 13.2 Å². The maximum Gasteiger partial charge on any atom is 0.166 e. The van der Waals surface area contributed by atoms with Crippen LogP contribution in [-0.4, -0.2) is 24.1 Å². The predicted molar refractivity (Wildman–Crippen MR) is 75.1 cm³/mol. The Kier molecular flexibility index (Phi) is 4.47. The highest BCUT2D eigenvalue weighted by Crippen LogP contribution is 2.28. The third kappa shape index (κ3) is 3.03. The van der Waals surface area contributed by atoms with Gasteiger partial charge in [0.05, 0.1) is 6.61 Å². The van der Waals surface area contributed by atoms with Gasteiger partial charge in [-0.15, -0.1) is 0 Å². The Balaban J connectivity index is 2.49. The molecule has 20 heavy (non-hydrogen) atoms. The molecule has 2 aromatic carbocycles. The summed E-state index contributed by atoms with van der Waals surface area (Å²) < 4.78 is 27.2. The molecule has 0 bridgehead atoms. The lowest BCUT2D eigenvalue weighted by Crippen LogP contribution is -2.11. The van der Waals surface area contributed by atoms with Crippen molar-refractivity contribution in [1.29, 1.82) is 0 Å². The van der Waals surface area contributed by atoms with Crippen molar-refractivity contribution in [3.63, 3.8) is 0 Å². The van der Waals surface area contributed by atoms with E-state index < -0.39 is 11.6 Å². The third-order valence-electron chi connectivity index (χ3n) is 3.08. The van der Waals surface area contributed by atoms with Crippen molar-refractivity contribution in [3.8, 4) is 11.1 Å². The topological polar surface area (TPSA) is 23.5 Å². The molecule has 0 aliphatic rings. The Hall–Kier alpha value is -1.78. The Morgan fingerprint density at radius 2 is 1.80 bits per heavy atom. The summed E-state index contributed by atoms with van der Waals surface area (Å²) in [5, 5.41) is 9.47. The molecule has 4 heteroatoms. The quantitative estimate of drug-likeness (QED) is 0.927. The van der Waals surface area contributed by atoms with Crippen LogP contribution in [0.15, 0.2) is 36.4 Å². The van der Waals surface area contributed by atoms with Crippen LogP contribution in [0.4, 0.5) is 8.78 Å². The smallest absolute Gasteiger partial charge is 0.166 e. The van der Waals surface area contributed by atoms with E-state index in [0.29, 0.717) is 11.1 Å². The fourth-order valence-corrected chi connectivity index (χ4v) is 2.22. The van der Waals surface area contributed by atoms with Gasteiger partial charge in [-0.3, -0.25) is 0 Å². The van der Waals surface area contributed by atoms with Gasteiger partial charge in [-0.05, 0) is 36.9 Å². The van der Waals surface area contributed by atoms with Crippen LogP contribution in [0.25, 0.3) is 11.1 Å². The van der Waals surface area contributed by atoms with Crippen LogP contribution in [0.1, 0.15) is 11.1 Å².